The highest BCUT2D eigenvalue weighted by atomic mass is 35.5. The number of pyridine rings is 2. The molecule has 30 heavy (non-hydrogen) atoms. The van der Waals surface area contributed by atoms with Crippen LogP contribution < -0.4 is 9.47 Å². The number of aromatic nitrogens is 4. The molecule has 4 rings (SSSR count). The zero-order valence-corrected chi connectivity index (χ0v) is 16.5. The van der Waals surface area contributed by atoms with Crippen LogP contribution in [0.3, 0.4) is 0 Å². The van der Waals surface area contributed by atoms with Crippen molar-refractivity contribution in [1.82, 2.24) is 19.9 Å². The zero-order chi connectivity index (χ0) is 21.1. The molecule has 4 aromatic rings. The van der Waals surface area contributed by atoms with Crippen LogP contribution in [0, 0.1) is 11.6 Å². The van der Waals surface area contributed by atoms with Crippen molar-refractivity contribution in [2.24, 2.45) is 0 Å². The number of benzene rings is 1. The maximum Gasteiger partial charge on any atom is 0.151 e. The van der Waals surface area contributed by atoms with Crippen LogP contribution >= 0.6 is 11.6 Å². The van der Waals surface area contributed by atoms with Gasteiger partial charge < -0.3 is 14.5 Å². The summed E-state index contributed by atoms with van der Waals surface area (Å²) in [6.07, 6.45) is 4.25. The van der Waals surface area contributed by atoms with Crippen molar-refractivity contribution in [3.63, 3.8) is 0 Å². The second-order valence-corrected chi connectivity index (χ2v) is 6.64. The number of hydrogen-bond acceptors (Lipinski definition) is 5. The monoisotopic (exact) mass is 428 g/mol. The molecule has 3 aromatic heterocycles. The number of rotatable bonds is 6. The molecule has 0 atom stereocenters. The van der Waals surface area contributed by atoms with Crippen molar-refractivity contribution in [3.8, 4) is 34.1 Å². The summed E-state index contributed by atoms with van der Waals surface area (Å²) >= 11 is 5.82. The van der Waals surface area contributed by atoms with E-state index in [1.54, 1.807) is 36.7 Å². The van der Waals surface area contributed by atoms with Crippen molar-refractivity contribution >= 4 is 11.6 Å². The minimum absolute atomic E-state index is 0.00854. The topological polar surface area (TPSA) is 72.9 Å². The largest absolute Gasteiger partial charge is 0.496 e. The van der Waals surface area contributed by atoms with Gasteiger partial charge in [-0.05, 0) is 24.3 Å². The van der Waals surface area contributed by atoms with Crippen LogP contribution in [0.25, 0.3) is 22.6 Å². The van der Waals surface area contributed by atoms with E-state index in [1.807, 2.05) is 6.07 Å². The van der Waals surface area contributed by atoms with Gasteiger partial charge in [0.15, 0.2) is 5.82 Å². The van der Waals surface area contributed by atoms with Crippen LogP contribution in [0.5, 0.6) is 11.5 Å². The van der Waals surface area contributed by atoms with Crippen LogP contribution in [0.2, 0.25) is 5.15 Å². The lowest BCUT2D eigenvalue weighted by atomic mass is 10.1. The Morgan fingerprint density at radius 3 is 2.60 bits per heavy atom. The molecule has 6 nitrogen and oxygen atoms in total. The Labute approximate surface area is 175 Å². The van der Waals surface area contributed by atoms with E-state index >= 15 is 0 Å². The van der Waals surface area contributed by atoms with Gasteiger partial charge in [0.05, 0.1) is 25.2 Å². The standard InChI is InChI=1S/C21H15ClF2N4O2/c1-29-19-7-14(30-11-18-16(24)6-13(23)9-25-18)3-4-15(19)17-10-27-21(28-17)12-2-5-20(22)26-8-12/h2-10H,11H2,1H3,(H,27,28). The molecule has 1 N–H and O–H groups in total. The molecule has 152 valence electrons. The molecule has 0 saturated carbocycles. The van der Waals surface area contributed by atoms with Crippen molar-refractivity contribution in [2.75, 3.05) is 7.11 Å². The van der Waals surface area contributed by atoms with E-state index in [0.717, 1.165) is 29.1 Å². The Morgan fingerprint density at radius 2 is 1.87 bits per heavy atom. The molecule has 0 saturated heterocycles. The van der Waals surface area contributed by atoms with E-state index in [-0.39, 0.29) is 12.3 Å². The van der Waals surface area contributed by atoms with Gasteiger partial charge in [0.1, 0.15) is 40.6 Å². The summed E-state index contributed by atoms with van der Waals surface area (Å²) in [4.78, 5) is 15.4. The van der Waals surface area contributed by atoms with E-state index in [4.69, 9.17) is 21.1 Å². The molecule has 0 aliphatic rings. The molecule has 0 radical (unpaired) electrons. The lowest BCUT2D eigenvalue weighted by Gasteiger charge is -2.11. The Bertz CT molecular complexity index is 1180. The van der Waals surface area contributed by atoms with E-state index < -0.39 is 11.6 Å². The molecule has 0 aliphatic carbocycles. The van der Waals surface area contributed by atoms with Crippen LogP contribution in [0.15, 0.2) is 55.0 Å². The molecule has 0 unspecified atom stereocenters. The average molecular weight is 429 g/mol. The summed E-state index contributed by atoms with van der Waals surface area (Å²) in [5, 5.41) is 0.401. The van der Waals surface area contributed by atoms with Gasteiger partial charge in [0.25, 0.3) is 0 Å². The number of ether oxygens (including phenoxy) is 2. The fourth-order valence-corrected chi connectivity index (χ4v) is 2.92. The fourth-order valence-electron chi connectivity index (χ4n) is 2.81. The molecular weight excluding hydrogens is 414 g/mol. The number of halogens is 3. The summed E-state index contributed by atoms with van der Waals surface area (Å²) in [7, 11) is 1.53. The lowest BCUT2D eigenvalue weighted by Crippen LogP contribution is -2.02. The summed E-state index contributed by atoms with van der Waals surface area (Å²) < 4.78 is 37.7. The van der Waals surface area contributed by atoms with Crippen LogP contribution in [0.1, 0.15) is 5.69 Å². The number of hydrogen-bond donors (Lipinski definition) is 1. The molecular formula is C21H15ClF2N4O2. The SMILES string of the molecule is COc1cc(OCc2ncc(F)cc2F)ccc1-c1cnc(-c2ccc(Cl)nc2)[nH]1. The molecule has 0 amide bonds. The maximum atomic E-state index is 13.7. The normalized spacial score (nSPS) is 10.8. The summed E-state index contributed by atoms with van der Waals surface area (Å²) in [5.41, 5.74) is 2.29. The lowest BCUT2D eigenvalue weighted by molar-refractivity contribution is 0.291. The van der Waals surface area contributed by atoms with Gasteiger partial charge in [0.2, 0.25) is 0 Å². The average Bonchev–Trinajstić information content (AvgIpc) is 3.23. The number of methoxy groups -OCH3 is 1. The zero-order valence-electron chi connectivity index (χ0n) is 15.7. The Morgan fingerprint density at radius 1 is 1.00 bits per heavy atom. The second kappa shape index (κ2) is 8.46. The van der Waals surface area contributed by atoms with Crippen molar-refractivity contribution in [3.05, 3.63) is 77.5 Å². The minimum Gasteiger partial charge on any atom is -0.496 e. The highest BCUT2D eigenvalue weighted by Gasteiger charge is 2.13. The first kappa shape index (κ1) is 19.8. The van der Waals surface area contributed by atoms with Gasteiger partial charge in [-0.25, -0.2) is 18.7 Å². The molecule has 1 aromatic carbocycles. The number of nitrogens with zero attached hydrogens (tertiary/aromatic N) is 3. The highest BCUT2D eigenvalue weighted by Crippen LogP contribution is 2.33. The van der Waals surface area contributed by atoms with E-state index in [1.165, 1.54) is 7.11 Å². The molecule has 3 heterocycles. The summed E-state index contributed by atoms with van der Waals surface area (Å²) in [6, 6.07) is 9.44. The molecule has 0 bridgehead atoms. The minimum atomic E-state index is -0.764. The quantitative estimate of drug-likeness (QED) is 0.435. The number of nitrogens with one attached hydrogen (secondary N) is 1. The van der Waals surface area contributed by atoms with Crippen LogP contribution in [-0.4, -0.2) is 27.0 Å². The molecule has 0 spiro atoms. The smallest absolute Gasteiger partial charge is 0.151 e. The second-order valence-electron chi connectivity index (χ2n) is 6.25. The first-order valence-corrected chi connectivity index (χ1v) is 9.19. The number of H-pyrrole nitrogens is 1. The van der Waals surface area contributed by atoms with Crippen molar-refractivity contribution in [1.29, 1.82) is 0 Å². The summed E-state index contributed by atoms with van der Waals surface area (Å²) in [6.45, 7) is -0.146. The Hall–Kier alpha value is -3.52. The highest BCUT2D eigenvalue weighted by molar-refractivity contribution is 6.29. The van der Waals surface area contributed by atoms with Gasteiger partial charge in [-0.2, -0.15) is 0 Å². The van der Waals surface area contributed by atoms with Gasteiger partial charge >= 0.3 is 0 Å². The maximum absolute atomic E-state index is 13.7. The van der Waals surface area contributed by atoms with Gasteiger partial charge in [-0.15, -0.1) is 0 Å². The third-order valence-corrected chi connectivity index (χ3v) is 4.52. The molecule has 0 fully saturated rings. The van der Waals surface area contributed by atoms with Gasteiger partial charge in [-0.1, -0.05) is 11.6 Å². The fraction of sp³-hybridized carbons (Fsp3) is 0.0952. The third-order valence-electron chi connectivity index (χ3n) is 4.30. The van der Waals surface area contributed by atoms with Crippen molar-refractivity contribution < 1.29 is 18.3 Å². The van der Waals surface area contributed by atoms with E-state index in [2.05, 4.69) is 19.9 Å². The molecule has 0 aliphatic heterocycles. The van der Waals surface area contributed by atoms with E-state index in [0.29, 0.717) is 22.5 Å². The Kier molecular flexibility index (Phi) is 5.58. The van der Waals surface area contributed by atoms with Crippen molar-refractivity contribution in [2.45, 2.75) is 6.61 Å². The van der Waals surface area contributed by atoms with E-state index in [9.17, 15) is 8.78 Å². The summed E-state index contributed by atoms with van der Waals surface area (Å²) in [5.74, 6) is 0.109. The van der Waals surface area contributed by atoms with Crippen LogP contribution in [0.4, 0.5) is 8.78 Å². The molecule has 9 heteroatoms. The Balaban J connectivity index is 1.54. The first-order valence-electron chi connectivity index (χ1n) is 8.81. The van der Waals surface area contributed by atoms with Gasteiger partial charge in [0, 0.05) is 29.5 Å². The predicted molar refractivity (Wildman–Crippen MR) is 107 cm³/mol. The first-order chi connectivity index (χ1) is 14.5. The van der Waals surface area contributed by atoms with Crippen LogP contribution in [-0.2, 0) is 6.61 Å². The third kappa shape index (κ3) is 4.23. The predicted octanol–water partition coefficient (Wildman–Crippen LogP) is 5.05. The number of aromatic amines is 1. The number of imidazole rings is 1. The van der Waals surface area contributed by atoms with Gasteiger partial charge in [-0.3, -0.25) is 4.98 Å².